The van der Waals surface area contributed by atoms with E-state index in [1.807, 2.05) is 0 Å². The van der Waals surface area contributed by atoms with E-state index in [0.717, 1.165) is 6.92 Å². The third kappa shape index (κ3) is 3.89. The topological polar surface area (TPSA) is 67.2 Å². The van der Waals surface area contributed by atoms with Gasteiger partial charge in [-0.05, 0) is 38.5 Å². The average Bonchev–Trinajstić information content (AvgIpc) is 2.83. The Morgan fingerprint density at radius 1 is 1.44 bits per heavy atom. The van der Waals surface area contributed by atoms with Crippen molar-refractivity contribution < 1.29 is 23.1 Å². The number of aryl methyl sites for hydroxylation is 2. The number of hydrogen-bond acceptors (Lipinski definition) is 3. The van der Waals surface area contributed by atoms with Crippen LogP contribution in [0.25, 0.3) is 11.3 Å². The summed E-state index contributed by atoms with van der Waals surface area (Å²) in [5.74, 6) is -1.24. The maximum absolute atomic E-state index is 12.7. The Balaban J connectivity index is 2.44. The van der Waals surface area contributed by atoms with E-state index in [2.05, 4.69) is 10.4 Å². The van der Waals surface area contributed by atoms with Crippen molar-refractivity contribution in [1.29, 1.82) is 0 Å². The van der Waals surface area contributed by atoms with E-state index >= 15 is 0 Å². The molecule has 2 N–H and O–H groups in total. The maximum Gasteiger partial charge on any atom is 0.408 e. The van der Waals surface area contributed by atoms with Gasteiger partial charge in [0.15, 0.2) is 5.69 Å². The number of aromatic carboxylic acids is 1. The van der Waals surface area contributed by atoms with E-state index in [4.69, 9.17) is 16.7 Å². The number of alkyl halides is 3. The second-order valence-corrected chi connectivity index (χ2v) is 5.95. The number of anilines is 1. The zero-order valence-electron chi connectivity index (χ0n) is 13.8. The first-order chi connectivity index (χ1) is 11.6. The Hall–Kier alpha value is -2.22. The molecule has 0 aliphatic carbocycles. The van der Waals surface area contributed by atoms with Crippen molar-refractivity contribution in [2.75, 3.05) is 5.32 Å². The van der Waals surface area contributed by atoms with Crippen LogP contribution in [-0.4, -0.2) is 33.1 Å². The van der Waals surface area contributed by atoms with Crippen molar-refractivity contribution >= 4 is 23.3 Å². The molecule has 0 saturated carbocycles. The zero-order valence-corrected chi connectivity index (χ0v) is 14.5. The monoisotopic (exact) mass is 375 g/mol. The smallest absolute Gasteiger partial charge is 0.408 e. The van der Waals surface area contributed by atoms with Gasteiger partial charge in [-0.15, -0.1) is 0 Å². The molecule has 0 unspecified atom stereocenters. The molecule has 5 nitrogen and oxygen atoms in total. The summed E-state index contributed by atoms with van der Waals surface area (Å²) in [6.45, 7) is 4.93. The molecule has 0 amide bonds. The van der Waals surface area contributed by atoms with Crippen molar-refractivity contribution in [2.45, 2.75) is 39.5 Å². The van der Waals surface area contributed by atoms with Crippen LogP contribution in [0.4, 0.5) is 18.9 Å². The Bertz CT molecular complexity index is 803. The highest BCUT2D eigenvalue weighted by molar-refractivity contribution is 6.35. The van der Waals surface area contributed by atoms with E-state index in [0.29, 0.717) is 29.1 Å². The molecule has 0 aliphatic rings. The number of carboxylic acid groups (broad SMARTS) is 1. The van der Waals surface area contributed by atoms with Gasteiger partial charge >= 0.3 is 12.1 Å². The molecule has 136 valence electrons. The number of benzene rings is 1. The molecule has 2 rings (SSSR count). The van der Waals surface area contributed by atoms with Gasteiger partial charge in [-0.25, -0.2) is 4.79 Å². The second-order valence-electron chi connectivity index (χ2n) is 5.57. The molecule has 0 bridgehead atoms. The highest BCUT2D eigenvalue weighted by Gasteiger charge is 2.36. The molecule has 25 heavy (non-hydrogen) atoms. The molecule has 0 fully saturated rings. The number of aromatic nitrogens is 2. The van der Waals surface area contributed by atoms with E-state index in [1.54, 1.807) is 26.0 Å². The fourth-order valence-electron chi connectivity index (χ4n) is 2.41. The van der Waals surface area contributed by atoms with Crippen molar-refractivity contribution in [2.24, 2.45) is 0 Å². The quantitative estimate of drug-likeness (QED) is 0.802. The summed E-state index contributed by atoms with van der Waals surface area (Å²) in [6, 6.07) is 2.96. The minimum absolute atomic E-state index is 0.00168. The van der Waals surface area contributed by atoms with Crippen LogP contribution in [0.15, 0.2) is 18.2 Å². The van der Waals surface area contributed by atoms with Gasteiger partial charge in [0.05, 0.1) is 5.69 Å². The highest BCUT2D eigenvalue weighted by atomic mass is 35.5. The van der Waals surface area contributed by atoms with Crippen molar-refractivity contribution in [3.63, 3.8) is 0 Å². The Labute approximate surface area is 147 Å². The van der Waals surface area contributed by atoms with Gasteiger partial charge in [-0.1, -0.05) is 17.7 Å². The molecule has 9 heteroatoms. The molecule has 1 atom stereocenters. The van der Waals surface area contributed by atoms with Crippen LogP contribution >= 0.6 is 11.6 Å². The van der Waals surface area contributed by atoms with Crippen LogP contribution in [0.3, 0.4) is 0 Å². The minimum atomic E-state index is -4.35. The summed E-state index contributed by atoms with van der Waals surface area (Å²) in [4.78, 5) is 11.2. The van der Waals surface area contributed by atoms with E-state index in [-0.39, 0.29) is 10.7 Å². The van der Waals surface area contributed by atoms with Crippen LogP contribution in [0.2, 0.25) is 5.02 Å². The van der Waals surface area contributed by atoms with Crippen LogP contribution in [0.5, 0.6) is 0 Å². The fraction of sp³-hybridized carbons (Fsp3) is 0.375. The van der Waals surface area contributed by atoms with Crippen molar-refractivity contribution in [1.82, 2.24) is 9.78 Å². The molecular weight excluding hydrogens is 359 g/mol. The van der Waals surface area contributed by atoms with Crippen LogP contribution in [-0.2, 0) is 6.54 Å². The predicted octanol–water partition coefficient (Wildman–Crippen LogP) is 4.59. The van der Waals surface area contributed by atoms with Crippen LogP contribution < -0.4 is 5.32 Å². The van der Waals surface area contributed by atoms with Gasteiger partial charge in [-0.3, -0.25) is 4.68 Å². The molecular formula is C16H17ClF3N3O2. The largest absolute Gasteiger partial charge is 0.476 e. The first-order valence-electron chi connectivity index (χ1n) is 7.50. The molecule has 0 spiro atoms. The summed E-state index contributed by atoms with van der Waals surface area (Å²) >= 11 is 6.17. The molecule has 1 heterocycles. The highest BCUT2D eigenvalue weighted by Crippen LogP contribution is 2.34. The summed E-state index contributed by atoms with van der Waals surface area (Å²) in [6.07, 6.45) is -4.35. The lowest BCUT2D eigenvalue weighted by molar-refractivity contribution is -0.138. The molecule has 0 saturated heterocycles. The number of hydrogen-bond donors (Lipinski definition) is 2. The Morgan fingerprint density at radius 2 is 2.08 bits per heavy atom. The third-order valence-electron chi connectivity index (χ3n) is 3.75. The van der Waals surface area contributed by atoms with Gasteiger partial charge in [0.2, 0.25) is 0 Å². The van der Waals surface area contributed by atoms with E-state index < -0.39 is 18.2 Å². The Kier molecular flexibility index (Phi) is 5.31. The zero-order chi connectivity index (χ0) is 18.9. The number of nitrogens with zero attached hydrogens (tertiary/aromatic N) is 2. The molecule has 1 aromatic carbocycles. The molecule has 1 aromatic heterocycles. The van der Waals surface area contributed by atoms with Gasteiger partial charge in [0, 0.05) is 17.8 Å². The summed E-state index contributed by atoms with van der Waals surface area (Å²) < 4.78 is 39.4. The standard InChI is InChI=1S/C16H17ClF3N3O2/c1-4-23-14(12(17)13(22-23)15(24)25)11-6-5-10(7-8(11)2)21-9(3)16(18,19)20/h5-7,9,21H,4H2,1-3H3,(H,24,25)/t9-/m1/s1. The third-order valence-corrected chi connectivity index (χ3v) is 4.11. The maximum atomic E-state index is 12.7. The SMILES string of the molecule is CCn1nc(C(=O)O)c(Cl)c1-c1ccc(N[C@H](C)C(F)(F)F)cc1C. The van der Waals surface area contributed by atoms with Gasteiger partial charge in [-0.2, -0.15) is 18.3 Å². The normalized spacial score (nSPS) is 12.9. The number of halogens is 4. The molecule has 2 aromatic rings. The first-order valence-corrected chi connectivity index (χ1v) is 7.87. The van der Waals surface area contributed by atoms with Crippen LogP contribution in [0.1, 0.15) is 29.9 Å². The van der Waals surface area contributed by atoms with Gasteiger partial charge < -0.3 is 10.4 Å². The molecule has 0 radical (unpaired) electrons. The van der Waals surface area contributed by atoms with Crippen LogP contribution in [0, 0.1) is 6.92 Å². The van der Waals surface area contributed by atoms with Gasteiger partial charge in [0.1, 0.15) is 11.1 Å². The number of carbonyl (C=O) groups is 1. The average molecular weight is 376 g/mol. The summed E-state index contributed by atoms with van der Waals surface area (Å²) in [7, 11) is 0. The van der Waals surface area contributed by atoms with E-state index in [1.165, 1.54) is 10.7 Å². The fourth-order valence-corrected chi connectivity index (χ4v) is 2.73. The summed E-state index contributed by atoms with van der Waals surface area (Å²) in [5.41, 5.74) is 1.73. The Morgan fingerprint density at radius 3 is 2.56 bits per heavy atom. The number of rotatable bonds is 5. The minimum Gasteiger partial charge on any atom is -0.476 e. The second kappa shape index (κ2) is 6.95. The predicted molar refractivity (Wildman–Crippen MR) is 89.2 cm³/mol. The molecule has 0 aliphatic heterocycles. The number of nitrogens with one attached hydrogen (secondary N) is 1. The lowest BCUT2D eigenvalue weighted by atomic mass is 10.0. The van der Waals surface area contributed by atoms with Crippen molar-refractivity contribution in [3.8, 4) is 11.3 Å². The first kappa shape index (κ1) is 19.1. The lowest BCUT2D eigenvalue weighted by Gasteiger charge is -2.19. The summed E-state index contributed by atoms with van der Waals surface area (Å²) in [5, 5.41) is 15.5. The van der Waals surface area contributed by atoms with Crippen molar-refractivity contribution in [3.05, 3.63) is 34.5 Å². The number of carboxylic acids is 1. The van der Waals surface area contributed by atoms with E-state index in [9.17, 15) is 18.0 Å². The van der Waals surface area contributed by atoms with Gasteiger partial charge in [0.25, 0.3) is 0 Å². The lowest BCUT2D eigenvalue weighted by Crippen LogP contribution is -2.33.